The Bertz CT molecular complexity index is 560. The summed E-state index contributed by atoms with van der Waals surface area (Å²) in [6, 6.07) is 6.30. The van der Waals surface area contributed by atoms with E-state index in [-0.39, 0.29) is 38.8 Å². The Hall–Kier alpha value is -2.11. The maximum Gasteiger partial charge on any atom is 0.414 e. The summed E-state index contributed by atoms with van der Waals surface area (Å²) in [5, 5.41) is 46.1. The maximum absolute atomic E-state index is 13.3. The molecule has 1 aromatic rings. The lowest BCUT2D eigenvalue weighted by molar-refractivity contribution is -0.159. The Kier molecular flexibility index (Phi) is 12.1. The number of hydrogen-bond acceptors (Lipinski definition) is 7. The van der Waals surface area contributed by atoms with Gasteiger partial charge in [0.15, 0.2) is 0 Å². The van der Waals surface area contributed by atoms with Crippen LogP contribution in [-0.2, 0) is 20.9 Å². The molecule has 27 heavy (non-hydrogen) atoms. The number of benzene rings is 1. The van der Waals surface area contributed by atoms with Crippen LogP contribution in [0.5, 0.6) is 0 Å². The van der Waals surface area contributed by atoms with Crippen molar-refractivity contribution in [3.8, 4) is 0 Å². The van der Waals surface area contributed by atoms with Crippen molar-refractivity contribution in [3.05, 3.63) is 35.6 Å². The number of β-amino-alcohol motifs (C(OH)–C–C–N with tert-alkyl or cyclic N) is 1. The van der Waals surface area contributed by atoms with Gasteiger partial charge in [-0.25, -0.2) is 14.0 Å². The quantitative estimate of drug-likeness (QED) is 0.292. The Morgan fingerprint density at radius 3 is 2.19 bits per heavy atom. The molecule has 6 N–H and O–H groups in total. The van der Waals surface area contributed by atoms with Gasteiger partial charge in [0, 0.05) is 12.1 Å². The molecule has 1 atom stereocenters. The van der Waals surface area contributed by atoms with Crippen LogP contribution in [0.25, 0.3) is 0 Å². The molecule has 0 radical (unpaired) electrons. The first kappa shape index (κ1) is 24.9. The first-order chi connectivity index (χ1) is 12.7. The standard InChI is InChI=1S/C15H24FNO4.C2H2O4/c1-2-15(10-18,11-19)17-7-13(20)9-21-8-12-5-3-4-6-14(12)16;3-1(4)2(5)6/h3-6,13,17-20H,2,7-11H2,1H3;(H,3,4)(H,5,6). The molecule has 10 heteroatoms. The molecule has 1 aromatic carbocycles. The second kappa shape index (κ2) is 13.1. The van der Waals surface area contributed by atoms with Crippen molar-refractivity contribution in [2.24, 2.45) is 0 Å². The SMILES string of the molecule is CCC(CO)(CO)NCC(O)COCc1ccccc1F.O=C(O)C(=O)O. The van der Waals surface area contributed by atoms with Crippen LogP contribution in [0.15, 0.2) is 24.3 Å². The molecule has 0 heterocycles. The van der Waals surface area contributed by atoms with Crippen LogP contribution >= 0.6 is 0 Å². The normalized spacial score (nSPS) is 12.0. The molecule has 0 aliphatic rings. The van der Waals surface area contributed by atoms with Crippen molar-refractivity contribution in [1.82, 2.24) is 5.32 Å². The van der Waals surface area contributed by atoms with E-state index in [9.17, 15) is 19.7 Å². The molecule has 0 aliphatic carbocycles. The molecule has 0 aromatic heterocycles. The predicted molar refractivity (Wildman–Crippen MR) is 92.5 cm³/mol. The van der Waals surface area contributed by atoms with Gasteiger partial charge in [-0.15, -0.1) is 0 Å². The number of rotatable bonds is 10. The summed E-state index contributed by atoms with van der Waals surface area (Å²) >= 11 is 0. The second-order valence-corrected chi connectivity index (χ2v) is 5.70. The van der Waals surface area contributed by atoms with E-state index in [1.165, 1.54) is 6.07 Å². The molecule has 0 aliphatic heterocycles. The number of carboxylic acids is 2. The number of aliphatic hydroxyl groups is 3. The molecule has 0 fully saturated rings. The summed E-state index contributed by atoms with van der Waals surface area (Å²) in [7, 11) is 0. The van der Waals surface area contributed by atoms with E-state index in [1.807, 2.05) is 6.92 Å². The Balaban J connectivity index is 0.000000972. The van der Waals surface area contributed by atoms with E-state index in [0.29, 0.717) is 12.0 Å². The van der Waals surface area contributed by atoms with E-state index in [4.69, 9.17) is 24.5 Å². The highest BCUT2D eigenvalue weighted by atomic mass is 19.1. The zero-order valence-electron chi connectivity index (χ0n) is 15.0. The Labute approximate surface area is 156 Å². The van der Waals surface area contributed by atoms with Gasteiger partial charge in [0.1, 0.15) is 5.82 Å². The van der Waals surface area contributed by atoms with Crippen molar-refractivity contribution in [1.29, 1.82) is 0 Å². The third kappa shape index (κ3) is 9.97. The number of ether oxygens (including phenoxy) is 1. The van der Waals surface area contributed by atoms with Crippen molar-refractivity contribution in [2.75, 3.05) is 26.4 Å². The lowest BCUT2D eigenvalue weighted by Crippen LogP contribution is -2.53. The van der Waals surface area contributed by atoms with Gasteiger partial charge in [-0.2, -0.15) is 0 Å². The molecule has 9 nitrogen and oxygen atoms in total. The van der Waals surface area contributed by atoms with Crippen LogP contribution in [0.4, 0.5) is 4.39 Å². The van der Waals surface area contributed by atoms with Gasteiger partial charge in [0.05, 0.1) is 38.1 Å². The molecule has 0 bridgehead atoms. The van der Waals surface area contributed by atoms with Gasteiger partial charge in [-0.1, -0.05) is 25.1 Å². The van der Waals surface area contributed by atoms with E-state index in [1.54, 1.807) is 18.2 Å². The zero-order chi connectivity index (χ0) is 20.9. The van der Waals surface area contributed by atoms with Crippen molar-refractivity contribution in [3.63, 3.8) is 0 Å². The molecule has 0 saturated carbocycles. The molecule has 1 rings (SSSR count). The van der Waals surface area contributed by atoms with Crippen molar-refractivity contribution >= 4 is 11.9 Å². The summed E-state index contributed by atoms with van der Waals surface area (Å²) in [6.07, 6.45) is -0.274. The highest BCUT2D eigenvalue weighted by molar-refractivity contribution is 6.27. The number of carbonyl (C=O) groups is 2. The van der Waals surface area contributed by atoms with Gasteiger partial charge in [-0.05, 0) is 12.5 Å². The van der Waals surface area contributed by atoms with Crippen LogP contribution in [0, 0.1) is 5.82 Å². The van der Waals surface area contributed by atoms with Crippen LogP contribution in [0.2, 0.25) is 0 Å². The molecular formula is C17H26FNO8. The van der Waals surface area contributed by atoms with Crippen LogP contribution in [0.1, 0.15) is 18.9 Å². The maximum atomic E-state index is 13.3. The summed E-state index contributed by atoms with van der Waals surface area (Å²) in [5.41, 5.74) is -0.363. The van der Waals surface area contributed by atoms with Gasteiger partial charge in [-0.3, -0.25) is 0 Å². The minimum atomic E-state index is -1.82. The fraction of sp³-hybridized carbons (Fsp3) is 0.529. The molecule has 0 spiro atoms. The molecule has 0 saturated heterocycles. The minimum absolute atomic E-state index is 0.0397. The molecular weight excluding hydrogens is 365 g/mol. The fourth-order valence-corrected chi connectivity index (χ4v) is 1.82. The third-order valence-electron chi connectivity index (χ3n) is 3.70. The van der Waals surface area contributed by atoms with E-state index in [0.717, 1.165) is 0 Å². The highest BCUT2D eigenvalue weighted by Gasteiger charge is 2.26. The molecule has 154 valence electrons. The fourth-order valence-electron chi connectivity index (χ4n) is 1.82. The summed E-state index contributed by atoms with van der Waals surface area (Å²) in [5.74, 6) is -3.99. The Morgan fingerprint density at radius 2 is 1.74 bits per heavy atom. The lowest BCUT2D eigenvalue weighted by atomic mass is 9.98. The first-order valence-corrected chi connectivity index (χ1v) is 8.13. The molecule has 1 unspecified atom stereocenters. The monoisotopic (exact) mass is 391 g/mol. The summed E-state index contributed by atoms with van der Waals surface area (Å²) in [4.78, 5) is 18.2. The zero-order valence-corrected chi connectivity index (χ0v) is 15.0. The van der Waals surface area contributed by atoms with Gasteiger partial charge >= 0.3 is 11.9 Å². The van der Waals surface area contributed by atoms with Gasteiger partial charge in [0.25, 0.3) is 0 Å². The van der Waals surface area contributed by atoms with Gasteiger partial charge in [0.2, 0.25) is 0 Å². The number of aliphatic carboxylic acids is 2. The number of halogens is 1. The number of hydrogen-bond donors (Lipinski definition) is 6. The smallest absolute Gasteiger partial charge is 0.414 e. The number of nitrogens with one attached hydrogen (secondary N) is 1. The number of aliphatic hydroxyl groups excluding tert-OH is 3. The second-order valence-electron chi connectivity index (χ2n) is 5.70. The summed E-state index contributed by atoms with van der Waals surface area (Å²) in [6.45, 7) is 1.69. The highest BCUT2D eigenvalue weighted by Crippen LogP contribution is 2.09. The van der Waals surface area contributed by atoms with Crippen LogP contribution in [0.3, 0.4) is 0 Å². The van der Waals surface area contributed by atoms with Crippen LogP contribution < -0.4 is 5.32 Å². The minimum Gasteiger partial charge on any atom is -0.473 e. The third-order valence-corrected chi connectivity index (χ3v) is 3.70. The lowest BCUT2D eigenvalue weighted by Gasteiger charge is -2.30. The van der Waals surface area contributed by atoms with E-state index in [2.05, 4.69) is 5.32 Å². The first-order valence-electron chi connectivity index (χ1n) is 8.13. The summed E-state index contributed by atoms with van der Waals surface area (Å²) < 4.78 is 18.6. The average Bonchev–Trinajstić information content (AvgIpc) is 2.65. The number of carboxylic acid groups (broad SMARTS) is 2. The predicted octanol–water partition coefficient (Wildman–Crippen LogP) is -0.418. The Morgan fingerprint density at radius 1 is 1.19 bits per heavy atom. The molecule has 0 amide bonds. The van der Waals surface area contributed by atoms with E-state index >= 15 is 0 Å². The van der Waals surface area contributed by atoms with E-state index < -0.39 is 23.6 Å². The van der Waals surface area contributed by atoms with Crippen molar-refractivity contribution < 1.29 is 44.2 Å². The van der Waals surface area contributed by atoms with Crippen LogP contribution in [-0.4, -0.2) is 75.5 Å². The largest absolute Gasteiger partial charge is 0.473 e. The topological polar surface area (TPSA) is 157 Å². The average molecular weight is 391 g/mol. The van der Waals surface area contributed by atoms with Crippen molar-refractivity contribution in [2.45, 2.75) is 31.6 Å². The van der Waals surface area contributed by atoms with Gasteiger partial charge < -0.3 is 35.6 Å².